The number of quaternary nitrogens is 1. The van der Waals surface area contributed by atoms with Gasteiger partial charge in [0.1, 0.15) is 12.1 Å². The van der Waals surface area contributed by atoms with Gasteiger partial charge in [-0.3, -0.25) is 4.90 Å². The molecule has 36 heavy (non-hydrogen) atoms. The molecule has 0 radical (unpaired) electrons. The fourth-order valence-electron chi connectivity index (χ4n) is 11.2. The zero-order valence-corrected chi connectivity index (χ0v) is 25.3. The van der Waals surface area contributed by atoms with E-state index in [2.05, 4.69) is 25.8 Å². The molecule has 6 aliphatic rings. The van der Waals surface area contributed by atoms with E-state index in [0.29, 0.717) is 29.3 Å². The summed E-state index contributed by atoms with van der Waals surface area (Å²) in [6, 6.07) is 0.828. The van der Waals surface area contributed by atoms with Gasteiger partial charge in [0.2, 0.25) is 0 Å². The zero-order chi connectivity index (χ0) is 24.4. The van der Waals surface area contributed by atoms with Gasteiger partial charge in [0.25, 0.3) is 0 Å². The number of nitrogens with zero attached hydrogens (tertiary/aromatic N) is 2. The number of piperidine rings is 1. The van der Waals surface area contributed by atoms with Crippen molar-refractivity contribution in [2.75, 3.05) is 33.2 Å². The van der Waals surface area contributed by atoms with Gasteiger partial charge in [-0.05, 0) is 119 Å². The summed E-state index contributed by atoms with van der Waals surface area (Å²) >= 11 is 0. The van der Waals surface area contributed by atoms with E-state index in [1.807, 2.05) is 0 Å². The van der Waals surface area contributed by atoms with Crippen LogP contribution in [0, 0.1) is 34.5 Å². The maximum absolute atomic E-state index is 11.9. The van der Waals surface area contributed by atoms with E-state index in [1.54, 1.807) is 0 Å². The predicted octanol–water partition coefficient (Wildman–Crippen LogP) is 5.79. The molecule has 0 spiro atoms. The molecular formula is C31H56BrN2O2+. The van der Waals surface area contributed by atoms with Crippen molar-refractivity contribution in [3.05, 3.63) is 0 Å². The van der Waals surface area contributed by atoms with Gasteiger partial charge in [0, 0.05) is 17.9 Å². The Kier molecular flexibility index (Phi) is 8.03. The Morgan fingerprint density at radius 3 is 2.14 bits per heavy atom. The molecule has 2 saturated heterocycles. The number of aliphatic hydroxyl groups excluding tert-OH is 2. The lowest BCUT2D eigenvalue weighted by atomic mass is 9.44. The van der Waals surface area contributed by atoms with Gasteiger partial charge in [-0.15, -0.1) is 17.0 Å². The first-order valence-electron chi connectivity index (χ1n) is 15.7. The van der Waals surface area contributed by atoms with E-state index in [4.69, 9.17) is 0 Å². The highest BCUT2D eigenvalue weighted by Crippen LogP contribution is 2.67. The lowest BCUT2D eigenvalue weighted by molar-refractivity contribution is -0.935. The van der Waals surface area contributed by atoms with Crippen molar-refractivity contribution in [3.63, 3.8) is 0 Å². The van der Waals surface area contributed by atoms with Crippen LogP contribution in [0.15, 0.2) is 0 Å². The topological polar surface area (TPSA) is 43.7 Å². The van der Waals surface area contributed by atoms with Crippen LogP contribution in [0.25, 0.3) is 0 Å². The van der Waals surface area contributed by atoms with Crippen LogP contribution >= 0.6 is 17.0 Å². The van der Waals surface area contributed by atoms with E-state index in [9.17, 15) is 10.2 Å². The third-order valence-electron chi connectivity index (χ3n) is 13.4. The smallest absolute Gasteiger partial charge is 0.116 e. The Hall–Kier alpha value is 0.320. The fraction of sp³-hybridized carbons (Fsp3) is 1.00. The first kappa shape index (κ1) is 27.9. The normalized spacial score (nSPS) is 51.2. The second-order valence-electron chi connectivity index (χ2n) is 15.0. The molecule has 208 valence electrons. The Morgan fingerprint density at radius 1 is 0.778 bits per heavy atom. The summed E-state index contributed by atoms with van der Waals surface area (Å²) in [6.45, 7) is 10.1. The average Bonchev–Trinajstić information content (AvgIpc) is 2.97. The number of fused-ring (bicyclic) bond motifs is 5. The van der Waals surface area contributed by atoms with Crippen molar-refractivity contribution >= 4 is 17.0 Å². The lowest BCUT2D eigenvalue weighted by Gasteiger charge is -2.62. The summed E-state index contributed by atoms with van der Waals surface area (Å²) in [4.78, 5) is 2.67. The Bertz CT molecular complexity index is 766. The Balaban J connectivity index is 0.00000267. The van der Waals surface area contributed by atoms with Crippen molar-refractivity contribution in [3.8, 4) is 0 Å². The number of hydrogen-bond donors (Lipinski definition) is 2. The fourth-order valence-corrected chi connectivity index (χ4v) is 11.2. The highest BCUT2D eigenvalue weighted by molar-refractivity contribution is 8.93. The van der Waals surface area contributed by atoms with Crippen LogP contribution in [0.2, 0.25) is 0 Å². The van der Waals surface area contributed by atoms with E-state index in [0.717, 1.165) is 22.7 Å². The number of aliphatic hydroxyl groups is 2. The molecule has 0 aromatic carbocycles. The highest BCUT2D eigenvalue weighted by atomic mass is 79.9. The van der Waals surface area contributed by atoms with Gasteiger partial charge in [0.15, 0.2) is 0 Å². The summed E-state index contributed by atoms with van der Waals surface area (Å²) in [7, 11) is 2.49. The van der Waals surface area contributed by atoms with E-state index >= 15 is 0 Å². The molecule has 2 heterocycles. The molecule has 4 nitrogen and oxygen atoms in total. The standard InChI is InChI=1S/C31H55N2O2.BrH/c1-30-14-13-24-23(25(30)20-27(29(30)35)33(3)17-9-4-5-10-18-33)12-11-22-19-28(34)26(21-31(22,24)2)32-15-7-6-8-16-32;/h22-29,34-35H,4-21H2,1-3H3;1H/q+1;/t22?,23-,24-,25+,26?,27?,28?,29?,30+,31+;/m1./s1. The summed E-state index contributed by atoms with van der Waals surface area (Å²) in [5, 5.41) is 23.2. The van der Waals surface area contributed by atoms with Gasteiger partial charge in [-0.2, -0.15) is 0 Å². The molecule has 10 atom stereocenters. The first-order chi connectivity index (χ1) is 16.8. The minimum absolute atomic E-state index is 0. The quantitative estimate of drug-likeness (QED) is 0.415. The van der Waals surface area contributed by atoms with Crippen molar-refractivity contribution in [1.29, 1.82) is 0 Å². The Labute approximate surface area is 231 Å². The van der Waals surface area contributed by atoms with Crippen LogP contribution in [0.1, 0.15) is 104 Å². The molecule has 5 unspecified atom stereocenters. The number of halogens is 1. The van der Waals surface area contributed by atoms with Crippen LogP contribution in [0.4, 0.5) is 0 Å². The van der Waals surface area contributed by atoms with Crippen molar-refractivity contribution < 1.29 is 14.7 Å². The number of hydrogen-bond acceptors (Lipinski definition) is 3. The molecule has 0 amide bonds. The molecule has 0 bridgehead atoms. The molecule has 6 rings (SSSR count). The SMILES string of the molecule is Br.C[C@]12CC(N3CCCCC3)C(O)CC1CC[C@@H]1[C@H]2CC[C@]2(C)C(O)C([N+]3(C)CCCCCC3)C[C@@H]12. The van der Waals surface area contributed by atoms with Crippen molar-refractivity contribution in [1.82, 2.24) is 4.90 Å². The van der Waals surface area contributed by atoms with Crippen molar-refractivity contribution in [2.24, 2.45) is 34.5 Å². The number of rotatable bonds is 2. The summed E-state index contributed by atoms with van der Waals surface area (Å²) in [6.07, 6.45) is 17.9. The second-order valence-corrected chi connectivity index (χ2v) is 15.0. The molecule has 0 aromatic rings. The van der Waals surface area contributed by atoms with E-state index in [-0.39, 0.29) is 34.6 Å². The lowest BCUT2D eigenvalue weighted by Crippen LogP contribution is -2.60. The van der Waals surface area contributed by atoms with Gasteiger partial charge in [-0.1, -0.05) is 20.3 Å². The number of likely N-dealkylation sites (tertiary alicyclic amines) is 2. The summed E-state index contributed by atoms with van der Waals surface area (Å²) in [5.74, 6) is 2.96. The van der Waals surface area contributed by atoms with E-state index < -0.39 is 0 Å². The maximum Gasteiger partial charge on any atom is 0.116 e. The monoisotopic (exact) mass is 567 g/mol. The van der Waals surface area contributed by atoms with Gasteiger partial charge < -0.3 is 14.7 Å². The Morgan fingerprint density at radius 2 is 1.44 bits per heavy atom. The summed E-state index contributed by atoms with van der Waals surface area (Å²) < 4.78 is 1.13. The minimum atomic E-state index is -0.128. The number of likely N-dealkylation sites (N-methyl/N-ethyl adjacent to an activating group) is 1. The van der Waals surface area contributed by atoms with Crippen LogP contribution in [-0.4, -0.2) is 77.1 Å². The first-order valence-corrected chi connectivity index (χ1v) is 15.7. The third-order valence-corrected chi connectivity index (χ3v) is 13.4. The predicted molar refractivity (Wildman–Crippen MR) is 152 cm³/mol. The van der Waals surface area contributed by atoms with Crippen LogP contribution in [0.5, 0.6) is 0 Å². The third kappa shape index (κ3) is 4.38. The average molecular weight is 569 g/mol. The molecule has 4 saturated carbocycles. The summed E-state index contributed by atoms with van der Waals surface area (Å²) in [5.41, 5.74) is 0.485. The van der Waals surface area contributed by atoms with Crippen LogP contribution < -0.4 is 0 Å². The van der Waals surface area contributed by atoms with Crippen LogP contribution in [0.3, 0.4) is 0 Å². The highest BCUT2D eigenvalue weighted by Gasteiger charge is 2.65. The molecule has 2 aliphatic heterocycles. The minimum Gasteiger partial charge on any atom is -0.391 e. The zero-order valence-electron chi connectivity index (χ0n) is 23.5. The molecule has 2 N–H and O–H groups in total. The van der Waals surface area contributed by atoms with E-state index in [1.165, 1.54) is 110 Å². The molecule has 0 aromatic heterocycles. The molecule has 4 aliphatic carbocycles. The maximum atomic E-state index is 11.9. The molecular weight excluding hydrogens is 512 g/mol. The largest absolute Gasteiger partial charge is 0.391 e. The van der Waals surface area contributed by atoms with Crippen LogP contribution in [-0.2, 0) is 0 Å². The second kappa shape index (κ2) is 10.4. The molecule has 5 heteroatoms. The van der Waals surface area contributed by atoms with Gasteiger partial charge >= 0.3 is 0 Å². The van der Waals surface area contributed by atoms with Gasteiger partial charge in [0.05, 0.1) is 26.2 Å². The molecule has 6 fully saturated rings. The van der Waals surface area contributed by atoms with Crippen molar-refractivity contribution in [2.45, 2.75) is 128 Å². The van der Waals surface area contributed by atoms with Gasteiger partial charge in [-0.25, -0.2) is 0 Å².